The number of aromatic nitrogens is 3. The van der Waals surface area contributed by atoms with Gasteiger partial charge < -0.3 is 9.31 Å². The van der Waals surface area contributed by atoms with Gasteiger partial charge >= 0.3 is 7.12 Å². The third kappa shape index (κ3) is 2.25. The van der Waals surface area contributed by atoms with Gasteiger partial charge in [0.15, 0.2) is 5.65 Å². The Hall–Kier alpha value is -1.40. The minimum atomic E-state index is -0.367. The molecule has 2 aliphatic rings. The quantitative estimate of drug-likeness (QED) is 0.815. The van der Waals surface area contributed by atoms with E-state index in [4.69, 9.17) is 9.31 Å². The molecule has 3 heterocycles. The average Bonchev–Trinajstić information content (AvgIpc) is 3.12. The molecule has 22 heavy (non-hydrogen) atoms. The van der Waals surface area contributed by atoms with Gasteiger partial charge in [-0.2, -0.15) is 5.10 Å². The molecule has 116 valence electrons. The molecule has 0 bridgehead atoms. The summed E-state index contributed by atoms with van der Waals surface area (Å²) in [7, 11) is -0.367. The third-order valence-corrected chi connectivity index (χ3v) is 5.15. The number of hydrogen-bond donors (Lipinski definition) is 0. The molecule has 1 saturated carbocycles. The molecule has 2 fully saturated rings. The van der Waals surface area contributed by atoms with E-state index in [0.29, 0.717) is 0 Å². The monoisotopic (exact) mass is 299 g/mol. The lowest BCUT2D eigenvalue weighted by Crippen LogP contribution is -2.41. The first-order chi connectivity index (χ1) is 10.4. The summed E-state index contributed by atoms with van der Waals surface area (Å²) in [6.07, 6.45) is 6.37. The van der Waals surface area contributed by atoms with Gasteiger partial charge in [0.05, 0.1) is 17.4 Å². The number of hydrogen-bond acceptors (Lipinski definition) is 4. The van der Waals surface area contributed by atoms with Crippen molar-refractivity contribution in [3.05, 3.63) is 18.5 Å². The highest BCUT2D eigenvalue weighted by atomic mass is 16.7. The Morgan fingerprint density at radius 3 is 2.50 bits per heavy atom. The van der Waals surface area contributed by atoms with Crippen LogP contribution in [-0.2, 0) is 15.9 Å². The molecule has 0 unspecified atom stereocenters. The van der Waals surface area contributed by atoms with Crippen molar-refractivity contribution in [2.45, 2.75) is 58.3 Å². The van der Waals surface area contributed by atoms with Crippen LogP contribution in [0.3, 0.4) is 0 Å². The molecule has 4 rings (SSSR count). The SMILES string of the molecule is CC1(C)OB(c2cnc3c(cnn3CC3CC3)c2)OC1(C)C. The normalized spacial score (nSPS) is 23.4. The standard InChI is InChI=1S/C16H22BN3O2/c1-15(2)16(3,4)22-17(21-15)13-7-12-8-19-20(10-11-5-6-11)14(12)18-9-13/h7-9,11H,5-6,10H2,1-4H3. The molecule has 0 N–H and O–H groups in total. The van der Waals surface area contributed by atoms with E-state index >= 15 is 0 Å². The molecule has 1 aliphatic carbocycles. The lowest BCUT2D eigenvalue weighted by Gasteiger charge is -2.32. The lowest BCUT2D eigenvalue weighted by molar-refractivity contribution is 0.00578. The van der Waals surface area contributed by atoms with Gasteiger partial charge in [0.1, 0.15) is 0 Å². The average molecular weight is 299 g/mol. The van der Waals surface area contributed by atoms with E-state index in [1.54, 1.807) is 0 Å². The molecular weight excluding hydrogens is 277 g/mol. The van der Waals surface area contributed by atoms with Crippen LogP contribution < -0.4 is 5.46 Å². The van der Waals surface area contributed by atoms with E-state index in [0.717, 1.165) is 29.0 Å². The Bertz CT molecular complexity index is 705. The van der Waals surface area contributed by atoms with Gasteiger partial charge in [-0.15, -0.1) is 0 Å². The maximum absolute atomic E-state index is 6.09. The summed E-state index contributed by atoms with van der Waals surface area (Å²) in [6, 6.07) is 2.08. The van der Waals surface area contributed by atoms with E-state index in [2.05, 4.69) is 43.8 Å². The van der Waals surface area contributed by atoms with Crippen LogP contribution in [0.1, 0.15) is 40.5 Å². The van der Waals surface area contributed by atoms with Crippen molar-refractivity contribution in [2.75, 3.05) is 0 Å². The third-order valence-electron chi connectivity index (χ3n) is 5.15. The van der Waals surface area contributed by atoms with E-state index in [-0.39, 0.29) is 18.3 Å². The summed E-state index contributed by atoms with van der Waals surface area (Å²) >= 11 is 0. The number of fused-ring (bicyclic) bond motifs is 1. The lowest BCUT2D eigenvalue weighted by atomic mass is 9.80. The van der Waals surface area contributed by atoms with Crippen LogP contribution in [0, 0.1) is 5.92 Å². The van der Waals surface area contributed by atoms with Gasteiger partial charge in [0, 0.05) is 23.6 Å². The highest BCUT2D eigenvalue weighted by molar-refractivity contribution is 6.62. The second-order valence-electron chi connectivity index (χ2n) is 7.54. The summed E-state index contributed by atoms with van der Waals surface area (Å²) in [5.41, 5.74) is 1.25. The van der Waals surface area contributed by atoms with Crippen molar-refractivity contribution >= 4 is 23.6 Å². The zero-order valence-electron chi connectivity index (χ0n) is 13.7. The fourth-order valence-electron chi connectivity index (χ4n) is 2.78. The summed E-state index contributed by atoms with van der Waals surface area (Å²) in [5, 5.41) is 5.52. The molecule has 2 aromatic heterocycles. The molecule has 2 aromatic rings. The van der Waals surface area contributed by atoms with Crippen molar-refractivity contribution in [2.24, 2.45) is 5.92 Å². The van der Waals surface area contributed by atoms with E-state index in [1.165, 1.54) is 12.8 Å². The molecule has 1 aliphatic heterocycles. The Balaban J connectivity index is 1.63. The van der Waals surface area contributed by atoms with Gasteiger partial charge in [-0.1, -0.05) is 0 Å². The van der Waals surface area contributed by atoms with Gasteiger partial charge in [-0.05, 0) is 52.5 Å². The summed E-state index contributed by atoms with van der Waals surface area (Å²) in [6.45, 7) is 9.23. The van der Waals surface area contributed by atoms with Gasteiger partial charge in [-0.3, -0.25) is 0 Å². The second kappa shape index (κ2) is 4.55. The zero-order valence-corrected chi connectivity index (χ0v) is 13.7. The van der Waals surface area contributed by atoms with Crippen LogP contribution in [-0.4, -0.2) is 33.1 Å². The van der Waals surface area contributed by atoms with Crippen LogP contribution in [0.4, 0.5) is 0 Å². The van der Waals surface area contributed by atoms with Gasteiger partial charge in [0.25, 0.3) is 0 Å². The van der Waals surface area contributed by atoms with Crippen molar-refractivity contribution in [1.82, 2.24) is 14.8 Å². The van der Waals surface area contributed by atoms with Crippen molar-refractivity contribution < 1.29 is 9.31 Å². The molecular formula is C16H22BN3O2. The number of rotatable bonds is 3. The Labute approximate surface area is 131 Å². The maximum Gasteiger partial charge on any atom is 0.496 e. The summed E-state index contributed by atoms with van der Waals surface area (Å²) in [4.78, 5) is 4.60. The van der Waals surface area contributed by atoms with E-state index < -0.39 is 0 Å². The molecule has 0 aromatic carbocycles. The topological polar surface area (TPSA) is 49.2 Å². The highest BCUT2D eigenvalue weighted by Crippen LogP contribution is 2.36. The van der Waals surface area contributed by atoms with Gasteiger partial charge in [0.2, 0.25) is 0 Å². The zero-order chi connectivity index (χ0) is 15.5. The molecule has 1 saturated heterocycles. The largest absolute Gasteiger partial charge is 0.496 e. The molecule has 0 radical (unpaired) electrons. The van der Waals surface area contributed by atoms with Crippen LogP contribution >= 0.6 is 0 Å². The first kappa shape index (κ1) is 14.2. The maximum atomic E-state index is 6.09. The second-order valence-corrected chi connectivity index (χ2v) is 7.54. The molecule has 0 spiro atoms. The molecule has 0 amide bonds. The van der Waals surface area contributed by atoms with Crippen LogP contribution in [0.25, 0.3) is 11.0 Å². The van der Waals surface area contributed by atoms with E-state index in [9.17, 15) is 0 Å². The van der Waals surface area contributed by atoms with E-state index in [1.807, 2.05) is 17.1 Å². The Morgan fingerprint density at radius 1 is 1.18 bits per heavy atom. The summed E-state index contributed by atoms with van der Waals surface area (Å²) in [5.74, 6) is 0.785. The minimum absolute atomic E-state index is 0.331. The van der Waals surface area contributed by atoms with Gasteiger partial charge in [-0.25, -0.2) is 9.67 Å². The highest BCUT2D eigenvalue weighted by Gasteiger charge is 2.51. The minimum Gasteiger partial charge on any atom is -0.399 e. The van der Waals surface area contributed by atoms with Crippen molar-refractivity contribution in [3.63, 3.8) is 0 Å². The fourth-order valence-corrected chi connectivity index (χ4v) is 2.78. The predicted molar refractivity (Wildman–Crippen MR) is 86.0 cm³/mol. The molecule has 6 heteroatoms. The predicted octanol–water partition coefficient (Wildman–Crippen LogP) is 2.14. The number of nitrogens with zero attached hydrogens (tertiary/aromatic N) is 3. The smallest absolute Gasteiger partial charge is 0.399 e. The summed E-state index contributed by atoms with van der Waals surface area (Å²) < 4.78 is 14.2. The van der Waals surface area contributed by atoms with Crippen LogP contribution in [0.15, 0.2) is 18.5 Å². The van der Waals surface area contributed by atoms with Crippen LogP contribution in [0.5, 0.6) is 0 Å². The molecule has 5 nitrogen and oxygen atoms in total. The molecule has 0 atom stereocenters. The first-order valence-corrected chi connectivity index (χ1v) is 8.03. The van der Waals surface area contributed by atoms with Crippen molar-refractivity contribution in [1.29, 1.82) is 0 Å². The first-order valence-electron chi connectivity index (χ1n) is 8.03. The Morgan fingerprint density at radius 2 is 1.86 bits per heavy atom. The fraction of sp³-hybridized carbons (Fsp3) is 0.625. The Kier molecular flexibility index (Phi) is 2.94. The van der Waals surface area contributed by atoms with Crippen molar-refractivity contribution in [3.8, 4) is 0 Å². The number of pyridine rings is 1. The van der Waals surface area contributed by atoms with Crippen LogP contribution in [0.2, 0.25) is 0 Å².